The highest BCUT2D eigenvalue weighted by molar-refractivity contribution is 7.99. The molecule has 1 N–H and O–H groups in total. The molecule has 2 atom stereocenters. The number of ether oxygens (including phenoxy) is 1. The van der Waals surface area contributed by atoms with Crippen LogP contribution < -0.4 is 5.32 Å². The Morgan fingerprint density at radius 3 is 3.40 bits per heavy atom. The highest BCUT2D eigenvalue weighted by Gasteiger charge is 2.27. The Kier molecular flexibility index (Phi) is 2.16. The number of morpholine rings is 1. The molecule has 2 heterocycles. The first-order valence-electron chi connectivity index (χ1n) is 3.89. The zero-order valence-electron chi connectivity index (χ0n) is 6.01. The molecule has 0 aromatic rings. The van der Waals surface area contributed by atoms with Crippen LogP contribution >= 0.6 is 11.8 Å². The number of hydrogen-bond acceptors (Lipinski definition) is 3. The molecule has 0 aliphatic carbocycles. The van der Waals surface area contributed by atoms with Crippen LogP contribution in [0.4, 0.5) is 0 Å². The van der Waals surface area contributed by atoms with E-state index in [0.29, 0.717) is 12.1 Å². The van der Waals surface area contributed by atoms with Gasteiger partial charge in [0.2, 0.25) is 0 Å². The van der Waals surface area contributed by atoms with E-state index in [-0.39, 0.29) is 0 Å². The predicted molar refractivity (Wildman–Crippen MR) is 43.5 cm³/mol. The van der Waals surface area contributed by atoms with Crippen LogP contribution in [0.2, 0.25) is 0 Å². The maximum atomic E-state index is 5.60. The second-order valence-electron chi connectivity index (χ2n) is 2.83. The van der Waals surface area contributed by atoms with Crippen LogP contribution in [-0.4, -0.2) is 36.8 Å². The second-order valence-corrected chi connectivity index (χ2v) is 3.98. The van der Waals surface area contributed by atoms with Crippen molar-refractivity contribution in [3.8, 4) is 0 Å². The van der Waals surface area contributed by atoms with Gasteiger partial charge >= 0.3 is 0 Å². The van der Waals surface area contributed by atoms with Gasteiger partial charge in [-0.2, -0.15) is 11.8 Å². The van der Waals surface area contributed by atoms with Crippen LogP contribution in [0.1, 0.15) is 6.42 Å². The molecule has 3 heteroatoms. The molecule has 0 unspecified atom stereocenters. The van der Waals surface area contributed by atoms with E-state index < -0.39 is 0 Å². The molecular weight excluding hydrogens is 146 g/mol. The van der Waals surface area contributed by atoms with E-state index >= 15 is 0 Å². The smallest absolute Gasteiger partial charge is 0.0819 e. The summed E-state index contributed by atoms with van der Waals surface area (Å²) in [5.74, 6) is 2.50. The summed E-state index contributed by atoms with van der Waals surface area (Å²) in [5.41, 5.74) is 0. The molecule has 0 spiro atoms. The van der Waals surface area contributed by atoms with Crippen molar-refractivity contribution in [2.24, 2.45) is 0 Å². The van der Waals surface area contributed by atoms with Crippen LogP contribution in [-0.2, 0) is 4.74 Å². The Morgan fingerprint density at radius 2 is 2.50 bits per heavy atom. The normalized spacial score (nSPS) is 40.8. The van der Waals surface area contributed by atoms with Crippen LogP contribution in [0.3, 0.4) is 0 Å². The van der Waals surface area contributed by atoms with Gasteiger partial charge in [-0.05, 0) is 12.2 Å². The molecule has 0 radical (unpaired) electrons. The third kappa shape index (κ3) is 1.31. The summed E-state index contributed by atoms with van der Waals surface area (Å²) in [6.45, 7) is 1.95. The summed E-state index contributed by atoms with van der Waals surface area (Å²) in [4.78, 5) is 0. The van der Waals surface area contributed by atoms with E-state index in [1.54, 1.807) is 0 Å². The van der Waals surface area contributed by atoms with E-state index in [0.717, 1.165) is 13.2 Å². The summed E-state index contributed by atoms with van der Waals surface area (Å²) in [7, 11) is 0. The molecule has 0 aromatic heterocycles. The van der Waals surface area contributed by atoms with Gasteiger partial charge in [-0.25, -0.2) is 0 Å². The molecule has 2 fully saturated rings. The quantitative estimate of drug-likeness (QED) is 0.555. The molecule has 10 heavy (non-hydrogen) atoms. The maximum absolute atomic E-state index is 5.60. The van der Waals surface area contributed by atoms with Crippen LogP contribution in [0.25, 0.3) is 0 Å². The van der Waals surface area contributed by atoms with E-state index in [1.807, 2.05) is 11.8 Å². The van der Waals surface area contributed by atoms with Gasteiger partial charge in [0.25, 0.3) is 0 Å². The molecule has 0 bridgehead atoms. The zero-order chi connectivity index (χ0) is 6.81. The first-order chi connectivity index (χ1) is 4.97. The SMILES string of the molecule is C1CO[C@@H]2CSCC[C@@H]2N1. The minimum absolute atomic E-state index is 0.507. The fourth-order valence-corrected chi connectivity index (χ4v) is 2.71. The van der Waals surface area contributed by atoms with Gasteiger partial charge in [-0.15, -0.1) is 0 Å². The molecule has 0 aromatic carbocycles. The summed E-state index contributed by atoms with van der Waals surface area (Å²) >= 11 is 2.02. The van der Waals surface area contributed by atoms with Gasteiger partial charge in [0.05, 0.1) is 12.7 Å². The van der Waals surface area contributed by atoms with Gasteiger partial charge in [-0.3, -0.25) is 0 Å². The monoisotopic (exact) mass is 159 g/mol. The lowest BCUT2D eigenvalue weighted by atomic mass is 10.1. The van der Waals surface area contributed by atoms with Crippen LogP contribution in [0, 0.1) is 0 Å². The Labute approximate surface area is 65.7 Å². The van der Waals surface area contributed by atoms with Gasteiger partial charge < -0.3 is 10.1 Å². The molecule has 0 saturated carbocycles. The highest BCUT2D eigenvalue weighted by Crippen LogP contribution is 2.21. The van der Waals surface area contributed by atoms with Crippen molar-refractivity contribution in [1.29, 1.82) is 0 Å². The lowest BCUT2D eigenvalue weighted by Gasteiger charge is -2.35. The van der Waals surface area contributed by atoms with E-state index in [4.69, 9.17) is 4.74 Å². The zero-order valence-corrected chi connectivity index (χ0v) is 6.82. The second kappa shape index (κ2) is 3.11. The minimum Gasteiger partial charge on any atom is -0.374 e. The third-order valence-electron chi connectivity index (χ3n) is 2.14. The van der Waals surface area contributed by atoms with Crippen molar-refractivity contribution >= 4 is 11.8 Å². The Hall–Kier alpha value is 0.270. The van der Waals surface area contributed by atoms with E-state index in [1.165, 1.54) is 17.9 Å². The van der Waals surface area contributed by atoms with Gasteiger partial charge in [0.15, 0.2) is 0 Å². The fourth-order valence-electron chi connectivity index (χ4n) is 1.56. The maximum Gasteiger partial charge on any atom is 0.0819 e. The molecule has 2 aliphatic rings. The van der Waals surface area contributed by atoms with Crippen molar-refractivity contribution in [1.82, 2.24) is 5.32 Å². The summed E-state index contributed by atoms with van der Waals surface area (Å²) in [6.07, 6.45) is 1.79. The Morgan fingerprint density at radius 1 is 1.50 bits per heavy atom. The third-order valence-corrected chi connectivity index (χ3v) is 3.23. The Bertz CT molecular complexity index is 94.2. The summed E-state index contributed by atoms with van der Waals surface area (Å²) in [5, 5.41) is 3.48. The van der Waals surface area contributed by atoms with E-state index in [9.17, 15) is 0 Å². The number of hydrogen-bond donors (Lipinski definition) is 1. The van der Waals surface area contributed by atoms with Crippen molar-refractivity contribution in [2.45, 2.75) is 18.6 Å². The summed E-state index contributed by atoms with van der Waals surface area (Å²) < 4.78 is 5.60. The topological polar surface area (TPSA) is 21.3 Å². The van der Waals surface area contributed by atoms with E-state index in [2.05, 4.69) is 5.32 Å². The first kappa shape index (κ1) is 6.95. The molecule has 2 aliphatic heterocycles. The fraction of sp³-hybridized carbons (Fsp3) is 1.00. The van der Waals surface area contributed by atoms with Crippen LogP contribution in [0.5, 0.6) is 0 Å². The predicted octanol–water partition coefficient (Wildman–Crippen LogP) is 0.480. The van der Waals surface area contributed by atoms with Crippen molar-refractivity contribution in [3.05, 3.63) is 0 Å². The minimum atomic E-state index is 0.507. The lowest BCUT2D eigenvalue weighted by molar-refractivity contribution is 0.00842. The van der Waals surface area contributed by atoms with Gasteiger partial charge in [0, 0.05) is 18.3 Å². The highest BCUT2D eigenvalue weighted by atomic mass is 32.2. The molecule has 58 valence electrons. The average molecular weight is 159 g/mol. The number of rotatable bonds is 0. The lowest BCUT2D eigenvalue weighted by Crippen LogP contribution is -2.51. The molecule has 2 nitrogen and oxygen atoms in total. The van der Waals surface area contributed by atoms with Crippen molar-refractivity contribution in [3.63, 3.8) is 0 Å². The Balaban J connectivity index is 1.93. The van der Waals surface area contributed by atoms with Crippen molar-refractivity contribution < 1.29 is 4.74 Å². The molecule has 2 rings (SSSR count). The molecule has 2 saturated heterocycles. The standard InChI is InChI=1S/C7H13NOS/c1-4-10-5-7-6(1)8-2-3-9-7/h6-8H,1-5H2/t6-,7+/m0/s1. The number of thioether (sulfide) groups is 1. The van der Waals surface area contributed by atoms with Crippen LogP contribution in [0.15, 0.2) is 0 Å². The van der Waals surface area contributed by atoms with Gasteiger partial charge in [0.1, 0.15) is 0 Å². The summed E-state index contributed by atoms with van der Waals surface area (Å²) in [6, 6.07) is 0.662. The number of fused-ring (bicyclic) bond motifs is 1. The number of nitrogens with one attached hydrogen (secondary N) is 1. The van der Waals surface area contributed by atoms with Crippen molar-refractivity contribution in [2.75, 3.05) is 24.7 Å². The molecule has 0 amide bonds. The first-order valence-corrected chi connectivity index (χ1v) is 5.05. The largest absolute Gasteiger partial charge is 0.374 e. The average Bonchev–Trinajstić information content (AvgIpc) is 2.05. The molecular formula is C7H13NOS. The van der Waals surface area contributed by atoms with Gasteiger partial charge in [-0.1, -0.05) is 0 Å².